The fourth-order valence-electron chi connectivity index (χ4n) is 6.07. The highest BCUT2D eigenvalue weighted by Crippen LogP contribution is 2.39. The molecule has 3 aliphatic heterocycles. The molecule has 2 aromatic rings. The lowest BCUT2D eigenvalue weighted by molar-refractivity contribution is 0.0792. The van der Waals surface area contributed by atoms with Crippen molar-refractivity contribution in [3.05, 3.63) is 45.8 Å². The van der Waals surface area contributed by atoms with Crippen molar-refractivity contribution in [3.8, 4) is 0 Å². The lowest BCUT2D eigenvalue weighted by Crippen LogP contribution is -2.42. The molecule has 3 amide bonds. The predicted octanol–water partition coefficient (Wildman–Crippen LogP) is 4.42. The Morgan fingerprint density at radius 1 is 1.00 bits per heavy atom. The number of benzene rings is 1. The fraction of sp³-hybridized carbons (Fsp3) is 0.552. The summed E-state index contributed by atoms with van der Waals surface area (Å²) in [6, 6.07) is 5.97. The molecule has 222 valence electrons. The van der Waals surface area contributed by atoms with E-state index in [1.165, 1.54) is 39.9 Å². The second-order valence-corrected chi connectivity index (χ2v) is 14.4. The van der Waals surface area contributed by atoms with Crippen molar-refractivity contribution in [3.63, 3.8) is 0 Å². The molecule has 1 N–H and O–H groups in total. The van der Waals surface area contributed by atoms with Gasteiger partial charge in [-0.25, -0.2) is 13.2 Å². The van der Waals surface area contributed by atoms with Crippen molar-refractivity contribution in [2.24, 2.45) is 11.8 Å². The zero-order chi connectivity index (χ0) is 29.3. The van der Waals surface area contributed by atoms with Crippen LogP contribution >= 0.6 is 11.3 Å². The van der Waals surface area contributed by atoms with E-state index < -0.39 is 22.0 Å². The number of sulfonamides is 1. The quantitative estimate of drug-likeness (QED) is 0.524. The Bertz CT molecular complexity index is 1410. The average molecular weight is 603 g/mol. The molecule has 0 bridgehead atoms. The van der Waals surface area contributed by atoms with Gasteiger partial charge in [0, 0.05) is 43.2 Å². The van der Waals surface area contributed by atoms with Crippen molar-refractivity contribution >= 4 is 44.3 Å². The second kappa shape index (κ2) is 12.1. The van der Waals surface area contributed by atoms with Gasteiger partial charge in [0.15, 0.2) is 0 Å². The maximum Gasteiger partial charge on any atom is 0.410 e. The minimum atomic E-state index is -3.66. The van der Waals surface area contributed by atoms with Gasteiger partial charge in [-0.2, -0.15) is 4.31 Å². The molecule has 2 unspecified atom stereocenters. The number of amides is 3. The number of nitrogens with one attached hydrogen (secondary N) is 1. The summed E-state index contributed by atoms with van der Waals surface area (Å²) in [4.78, 5) is 43.7. The monoisotopic (exact) mass is 602 g/mol. The molecule has 5 rings (SSSR count). The van der Waals surface area contributed by atoms with Gasteiger partial charge in [0.1, 0.15) is 5.00 Å². The van der Waals surface area contributed by atoms with Crippen LogP contribution in [0.5, 0.6) is 0 Å². The maximum absolute atomic E-state index is 13.6. The van der Waals surface area contributed by atoms with Gasteiger partial charge < -0.3 is 19.9 Å². The third kappa shape index (κ3) is 6.14. The van der Waals surface area contributed by atoms with Crippen LogP contribution in [0.1, 0.15) is 71.2 Å². The molecule has 0 spiro atoms. The normalized spacial score (nSPS) is 21.4. The van der Waals surface area contributed by atoms with Gasteiger partial charge in [0.25, 0.3) is 11.8 Å². The summed E-state index contributed by atoms with van der Waals surface area (Å²) in [6.45, 7) is 9.23. The summed E-state index contributed by atoms with van der Waals surface area (Å²) in [5.74, 6) is 0.0471. The number of anilines is 1. The first-order chi connectivity index (χ1) is 19.6. The van der Waals surface area contributed by atoms with E-state index >= 15 is 0 Å². The van der Waals surface area contributed by atoms with Crippen LogP contribution in [-0.4, -0.2) is 79.8 Å². The van der Waals surface area contributed by atoms with Crippen LogP contribution in [-0.2, 0) is 27.7 Å². The zero-order valence-corrected chi connectivity index (χ0v) is 25.5. The minimum Gasteiger partial charge on any atom is -0.450 e. The van der Waals surface area contributed by atoms with E-state index in [1.54, 1.807) is 11.8 Å². The van der Waals surface area contributed by atoms with E-state index in [0.29, 0.717) is 61.8 Å². The van der Waals surface area contributed by atoms with E-state index in [-0.39, 0.29) is 29.2 Å². The molecule has 4 heterocycles. The number of rotatable bonds is 6. The Balaban J connectivity index is 1.37. The number of carbonyl (C=O) groups is 3. The lowest BCUT2D eigenvalue weighted by Gasteiger charge is -2.34. The second-order valence-electron chi connectivity index (χ2n) is 11.3. The van der Waals surface area contributed by atoms with Crippen LogP contribution in [0.4, 0.5) is 9.80 Å². The van der Waals surface area contributed by atoms with Crippen molar-refractivity contribution < 1.29 is 27.5 Å². The number of fused-ring (bicyclic) bond motifs is 1. The number of nitrogens with zero attached hydrogens (tertiary/aromatic N) is 3. The molecule has 3 aliphatic rings. The van der Waals surface area contributed by atoms with E-state index in [2.05, 4.69) is 19.2 Å². The molecule has 12 heteroatoms. The lowest BCUT2D eigenvalue weighted by atomic mass is 9.94. The highest BCUT2D eigenvalue weighted by Gasteiger charge is 2.34. The standard InChI is InChI=1S/C29H38N4O6S2/c1-4-39-29(36)32-14-11-23-24(18-32)40-27(25(23)28(35)31-12-5-6-13-31)30-26(34)21-7-9-22(10-8-21)41(37,38)33-16-19(2)15-20(3)17-33/h7-10,19-20H,4-6,11-18H2,1-3H3,(H,30,34). The molecule has 1 aromatic carbocycles. The summed E-state index contributed by atoms with van der Waals surface area (Å²) in [7, 11) is -3.66. The molecular weight excluding hydrogens is 564 g/mol. The van der Waals surface area contributed by atoms with Gasteiger partial charge in [-0.15, -0.1) is 11.3 Å². The van der Waals surface area contributed by atoms with Gasteiger partial charge in [-0.3, -0.25) is 9.59 Å². The molecule has 0 saturated carbocycles. The van der Waals surface area contributed by atoms with Crippen molar-refractivity contribution in [1.29, 1.82) is 0 Å². The number of ether oxygens (including phenoxy) is 1. The summed E-state index contributed by atoms with van der Waals surface area (Å²) in [6.07, 6.45) is 2.99. The number of thiophene rings is 1. The number of carbonyl (C=O) groups excluding carboxylic acids is 3. The number of likely N-dealkylation sites (tertiary alicyclic amines) is 1. The van der Waals surface area contributed by atoms with Crippen LogP contribution < -0.4 is 5.32 Å². The van der Waals surface area contributed by atoms with Crippen LogP contribution in [0.25, 0.3) is 0 Å². The Morgan fingerprint density at radius 2 is 1.66 bits per heavy atom. The van der Waals surface area contributed by atoms with Crippen LogP contribution in [0.2, 0.25) is 0 Å². The van der Waals surface area contributed by atoms with Crippen LogP contribution in [0.15, 0.2) is 29.2 Å². The third-order valence-corrected chi connectivity index (χ3v) is 11.0. The molecule has 2 saturated heterocycles. The molecular formula is C29H38N4O6S2. The molecule has 41 heavy (non-hydrogen) atoms. The highest BCUT2D eigenvalue weighted by atomic mass is 32.2. The molecule has 2 atom stereocenters. The first-order valence-electron chi connectivity index (χ1n) is 14.4. The van der Waals surface area contributed by atoms with E-state index in [0.717, 1.165) is 29.7 Å². The van der Waals surface area contributed by atoms with Crippen LogP contribution in [0, 0.1) is 11.8 Å². The van der Waals surface area contributed by atoms with Gasteiger partial charge in [-0.05, 0) is 74.3 Å². The Morgan fingerprint density at radius 3 is 2.29 bits per heavy atom. The minimum absolute atomic E-state index is 0.105. The number of hydrogen-bond donors (Lipinski definition) is 1. The van der Waals surface area contributed by atoms with Gasteiger partial charge in [-0.1, -0.05) is 13.8 Å². The van der Waals surface area contributed by atoms with Gasteiger partial charge in [0.2, 0.25) is 10.0 Å². The zero-order valence-electron chi connectivity index (χ0n) is 23.8. The first-order valence-corrected chi connectivity index (χ1v) is 16.6. The smallest absolute Gasteiger partial charge is 0.410 e. The number of hydrogen-bond acceptors (Lipinski definition) is 7. The Labute approximate surface area is 245 Å². The van der Waals surface area contributed by atoms with E-state index in [1.807, 2.05) is 4.90 Å². The van der Waals surface area contributed by atoms with Gasteiger partial charge >= 0.3 is 6.09 Å². The molecule has 2 fully saturated rings. The predicted molar refractivity (Wildman–Crippen MR) is 157 cm³/mol. The SMILES string of the molecule is CCOC(=O)N1CCc2c(sc(NC(=O)c3ccc(S(=O)(=O)N4CC(C)CC(C)C4)cc3)c2C(=O)N2CCCC2)C1. The van der Waals surface area contributed by atoms with Crippen molar-refractivity contribution in [2.75, 3.05) is 44.6 Å². The topological polar surface area (TPSA) is 116 Å². The largest absolute Gasteiger partial charge is 0.450 e. The molecule has 1 aromatic heterocycles. The van der Waals surface area contributed by atoms with E-state index in [4.69, 9.17) is 4.74 Å². The summed E-state index contributed by atoms with van der Waals surface area (Å²) < 4.78 is 33.2. The van der Waals surface area contributed by atoms with Crippen molar-refractivity contribution in [1.82, 2.24) is 14.1 Å². The van der Waals surface area contributed by atoms with Gasteiger partial charge in [0.05, 0.1) is 23.6 Å². The summed E-state index contributed by atoms with van der Waals surface area (Å²) in [5.41, 5.74) is 1.66. The summed E-state index contributed by atoms with van der Waals surface area (Å²) in [5, 5.41) is 3.38. The van der Waals surface area contributed by atoms with E-state index in [9.17, 15) is 22.8 Å². The number of piperidine rings is 1. The fourth-order valence-corrected chi connectivity index (χ4v) is 9.00. The molecule has 10 nitrogen and oxygen atoms in total. The molecule has 0 aliphatic carbocycles. The summed E-state index contributed by atoms with van der Waals surface area (Å²) >= 11 is 1.31. The Kier molecular flexibility index (Phi) is 8.72. The first kappa shape index (κ1) is 29.5. The van der Waals surface area contributed by atoms with Crippen molar-refractivity contribution in [2.45, 2.75) is 57.9 Å². The third-order valence-electron chi connectivity index (χ3n) is 8.01. The highest BCUT2D eigenvalue weighted by molar-refractivity contribution is 7.89. The average Bonchev–Trinajstić information content (AvgIpc) is 3.60. The molecule has 0 radical (unpaired) electrons. The van der Waals surface area contributed by atoms with Crippen LogP contribution in [0.3, 0.4) is 0 Å². The maximum atomic E-state index is 13.6. The Hall–Kier alpha value is -2.96.